The van der Waals surface area contributed by atoms with Gasteiger partial charge in [-0.15, -0.1) is 0 Å². The molecule has 0 aliphatic heterocycles. The van der Waals surface area contributed by atoms with Gasteiger partial charge in [-0.3, -0.25) is 0 Å². The molecule has 0 radical (unpaired) electrons. The smallest absolute Gasteiger partial charge is 0.198 e. The van der Waals surface area contributed by atoms with Crippen molar-refractivity contribution in [3.63, 3.8) is 0 Å². The van der Waals surface area contributed by atoms with Gasteiger partial charge < -0.3 is 0 Å². The summed E-state index contributed by atoms with van der Waals surface area (Å²) in [5.74, 6) is -39.0. The minimum atomic E-state index is -8.17. The van der Waals surface area contributed by atoms with E-state index in [2.05, 4.69) is 0 Å². The number of rotatable bonds is 6. The van der Waals surface area contributed by atoms with Crippen LogP contribution in [-0.4, -0.2) is 51.6 Å². The molecule has 0 aliphatic carbocycles. The molecule has 2 atom stereocenters. The van der Waals surface area contributed by atoms with Gasteiger partial charge in [0.25, 0.3) is 0 Å². The lowest BCUT2D eigenvalue weighted by Gasteiger charge is -2.41. The van der Waals surface area contributed by atoms with Gasteiger partial charge in [-0.25, -0.2) is 0 Å². The van der Waals surface area contributed by atoms with E-state index in [9.17, 15) is 70.2 Å². The summed E-state index contributed by atoms with van der Waals surface area (Å²) in [6.45, 7) is 0. The van der Waals surface area contributed by atoms with Crippen LogP contribution in [0.25, 0.3) is 0 Å². The maximum Gasteiger partial charge on any atom is 0.460 e. The van der Waals surface area contributed by atoms with Crippen molar-refractivity contribution >= 4 is 31.9 Å². The molecule has 0 fully saturated rings. The third kappa shape index (κ3) is 3.97. The van der Waals surface area contributed by atoms with E-state index in [-0.39, 0.29) is 0 Å². The summed E-state index contributed by atoms with van der Waals surface area (Å²) in [7, 11) is 0. The van der Waals surface area contributed by atoms with Crippen molar-refractivity contribution in [1.29, 1.82) is 0 Å². The van der Waals surface area contributed by atoms with E-state index in [4.69, 9.17) is 0 Å². The summed E-state index contributed by atoms with van der Waals surface area (Å²) in [6.07, 6.45) is -13.5. The van der Waals surface area contributed by atoms with Crippen molar-refractivity contribution in [2.75, 3.05) is 0 Å². The third-order valence-electron chi connectivity index (χ3n) is 2.87. The molecule has 0 N–H and O–H groups in total. The Kier molecular flexibility index (Phi) is 6.93. The van der Waals surface area contributed by atoms with Crippen molar-refractivity contribution < 1.29 is 70.2 Å². The molecular formula is C9H2Br2F16. The zero-order valence-corrected chi connectivity index (χ0v) is 14.6. The summed E-state index contributed by atoms with van der Waals surface area (Å²) >= 11 is 2.54. The summed E-state index contributed by atoms with van der Waals surface area (Å²) in [5, 5.41) is 0. The highest BCUT2D eigenvalue weighted by Crippen LogP contribution is 2.61. The highest BCUT2D eigenvalue weighted by molar-refractivity contribution is 9.12. The number of hydrogen-bond donors (Lipinski definition) is 0. The van der Waals surface area contributed by atoms with E-state index in [0.29, 0.717) is 0 Å². The molecule has 2 unspecified atom stereocenters. The van der Waals surface area contributed by atoms with Crippen LogP contribution in [0.15, 0.2) is 0 Å². The average molecular weight is 574 g/mol. The van der Waals surface area contributed by atoms with Crippen LogP contribution in [0.5, 0.6) is 0 Å². The monoisotopic (exact) mass is 572 g/mol. The van der Waals surface area contributed by atoms with Gasteiger partial charge in [-0.05, 0) is 0 Å². The van der Waals surface area contributed by atoms with Gasteiger partial charge in [-0.1, -0.05) is 31.9 Å². The first kappa shape index (κ1) is 26.8. The topological polar surface area (TPSA) is 0 Å². The quantitative estimate of drug-likeness (QED) is 0.242. The largest absolute Gasteiger partial charge is 0.460 e. The van der Waals surface area contributed by atoms with E-state index in [1.807, 2.05) is 0 Å². The van der Waals surface area contributed by atoms with Crippen LogP contribution < -0.4 is 0 Å². The summed E-state index contributed by atoms with van der Waals surface area (Å²) in [4.78, 5) is -8.00. The van der Waals surface area contributed by atoms with Gasteiger partial charge in [0, 0.05) is 0 Å². The molecule has 0 saturated carbocycles. The molecule has 164 valence electrons. The van der Waals surface area contributed by atoms with Crippen LogP contribution in [-0.2, 0) is 0 Å². The van der Waals surface area contributed by atoms with Crippen molar-refractivity contribution in [3.05, 3.63) is 0 Å². The summed E-state index contributed by atoms with van der Waals surface area (Å²) < 4.78 is 203. The Bertz CT molecular complexity index is 531. The van der Waals surface area contributed by atoms with E-state index >= 15 is 0 Å². The van der Waals surface area contributed by atoms with Gasteiger partial charge in [-0.2, -0.15) is 70.2 Å². The molecule has 0 spiro atoms. The van der Waals surface area contributed by atoms with Gasteiger partial charge in [0.1, 0.15) is 9.65 Å². The van der Waals surface area contributed by atoms with Crippen LogP contribution in [0.1, 0.15) is 0 Å². The highest BCUT2D eigenvalue weighted by atomic mass is 79.9. The molecule has 0 rings (SSSR count). The minimum absolute atomic E-state index is 1.20. The molecule has 0 nitrogen and oxygen atoms in total. The van der Waals surface area contributed by atoms with Crippen LogP contribution in [0.2, 0.25) is 0 Å². The fourth-order valence-corrected chi connectivity index (χ4v) is 2.22. The summed E-state index contributed by atoms with van der Waals surface area (Å²) in [5.41, 5.74) is 0. The molecular weight excluding hydrogens is 572 g/mol. The Morgan fingerprint density at radius 2 is 0.704 bits per heavy atom. The van der Waals surface area contributed by atoms with E-state index in [0.717, 1.165) is 0 Å². The molecule has 0 saturated heterocycles. The fourth-order valence-electron chi connectivity index (χ4n) is 1.30. The van der Waals surface area contributed by atoms with Crippen LogP contribution in [0.3, 0.4) is 0 Å². The first-order valence-electron chi connectivity index (χ1n) is 5.62. The number of alkyl halides is 18. The first-order chi connectivity index (χ1) is 11.3. The van der Waals surface area contributed by atoms with Gasteiger partial charge in [0.05, 0.1) is 0 Å². The Hall–Kier alpha value is -0.160. The molecule has 0 aliphatic rings. The Morgan fingerprint density at radius 3 is 0.963 bits per heavy atom. The normalized spacial score (nSPS) is 18.4. The van der Waals surface area contributed by atoms with Gasteiger partial charge in [0.2, 0.25) is 0 Å². The van der Waals surface area contributed by atoms with Crippen LogP contribution >= 0.6 is 31.9 Å². The zero-order valence-electron chi connectivity index (χ0n) is 11.5. The van der Waals surface area contributed by atoms with Crippen LogP contribution in [0, 0.1) is 0 Å². The predicted octanol–water partition coefficient (Wildman–Crippen LogP) is 6.81. The van der Waals surface area contributed by atoms with E-state index < -0.39 is 51.6 Å². The molecule has 18 heteroatoms. The second-order valence-electron chi connectivity index (χ2n) is 4.76. The number of halogens is 18. The third-order valence-corrected chi connectivity index (χ3v) is 5.73. The average Bonchev–Trinajstić information content (AvgIpc) is 2.42. The lowest BCUT2D eigenvalue weighted by Crippen LogP contribution is -2.71. The van der Waals surface area contributed by atoms with E-state index in [1.54, 1.807) is 0 Å². The van der Waals surface area contributed by atoms with Crippen molar-refractivity contribution in [2.24, 2.45) is 0 Å². The van der Waals surface area contributed by atoms with Gasteiger partial charge >= 0.3 is 42.0 Å². The molecule has 0 bridgehead atoms. The molecule has 0 amide bonds. The minimum Gasteiger partial charge on any atom is -0.198 e. The standard InChI is InChI=1S/C9H2Br2F16/c10-1(2(11)4(14,15)16)3(12,13)5(17,18)6(19,20)7(21,22)8(23,24)9(25,26)27/h1-2H. The Morgan fingerprint density at radius 1 is 0.407 bits per heavy atom. The molecule has 0 aromatic heterocycles. The Balaban J connectivity index is 6.39. The fraction of sp³-hybridized carbons (Fsp3) is 1.00. The predicted molar refractivity (Wildman–Crippen MR) is 62.3 cm³/mol. The molecule has 0 heterocycles. The molecule has 0 aromatic carbocycles. The zero-order chi connectivity index (χ0) is 22.7. The van der Waals surface area contributed by atoms with Crippen molar-refractivity contribution in [1.82, 2.24) is 0 Å². The molecule has 0 aromatic rings. The second-order valence-corrected chi connectivity index (χ2v) is 6.74. The molecule has 27 heavy (non-hydrogen) atoms. The second kappa shape index (κ2) is 6.97. The maximum absolute atomic E-state index is 13.4. The number of hydrogen-bond acceptors (Lipinski definition) is 0. The first-order valence-corrected chi connectivity index (χ1v) is 7.45. The lowest BCUT2D eigenvalue weighted by atomic mass is 9.92. The van der Waals surface area contributed by atoms with Crippen LogP contribution in [0.4, 0.5) is 70.2 Å². The summed E-state index contributed by atoms with van der Waals surface area (Å²) in [6, 6.07) is 0. The van der Waals surface area contributed by atoms with Gasteiger partial charge in [0.15, 0.2) is 0 Å². The van der Waals surface area contributed by atoms with E-state index in [1.165, 1.54) is 31.9 Å². The highest BCUT2D eigenvalue weighted by Gasteiger charge is 2.91. The van der Waals surface area contributed by atoms with Crippen molar-refractivity contribution in [2.45, 2.75) is 51.6 Å². The SMILES string of the molecule is FC(F)(F)C(Br)C(Br)C(F)(F)C(F)(F)C(F)(F)C(F)(F)C(F)(F)C(F)(F)F. The Labute approximate surface area is 154 Å². The maximum atomic E-state index is 13.4. The van der Waals surface area contributed by atoms with Crippen molar-refractivity contribution in [3.8, 4) is 0 Å². The lowest BCUT2D eigenvalue weighted by molar-refractivity contribution is -0.439.